The molecule has 1 aliphatic heterocycles. The number of β-amino-alcohol motifs (C(OH)–C–C–N with tert-alkyl or cyclic N) is 1. The Labute approximate surface area is 191 Å². The van der Waals surface area contributed by atoms with E-state index in [1.807, 2.05) is 32.0 Å². The lowest BCUT2D eigenvalue weighted by Gasteiger charge is -2.24. The Morgan fingerprint density at radius 3 is 2.88 bits per heavy atom. The molecule has 2 unspecified atom stereocenters. The first kappa shape index (κ1) is 21.2. The normalized spacial score (nSPS) is 19.0. The monoisotopic (exact) mass is 444 g/mol. The number of nitriles is 1. The van der Waals surface area contributed by atoms with Gasteiger partial charge >= 0.3 is 0 Å². The maximum absolute atomic E-state index is 12.4. The molecule has 1 fully saturated rings. The highest BCUT2D eigenvalue weighted by molar-refractivity contribution is 5.81. The maximum atomic E-state index is 12.4. The maximum Gasteiger partial charge on any atom is 0.259 e. The molecule has 2 aliphatic rings. The van der Waals surface area contributed by atoms with Gasteiger partial charge in [-0.3, -0.25) is 4.79 Å². The minimum atomic E-state index is -0.0551. The van der Waals surface area contributed by atoms with Gasteiger partial charge in [0.25, 0.3) is 5.89 Å². The number of aliphatic hydroxyl groups is 1. The third kappa shape index (κ3) is 3.64. The summed E-state index contributed by atoms with van der Waals surface area (Å²) in [5.41, 5.74) is 4.00. The molecular weight excluding hydrogens is 420 g/mol. The van der Waals surface area contributed by atoms with Crippen LogP contribution in [0.1, 0.15) is 43.0 Å². The highest BCUT2D eigenvalue weighted by Crippen LogP contribution is 2.49. The van der Waals surface area contributed by atoms with Gasteiger partial charge in [-0.2, -0.15) is 10.2 Å². The highest BCUT2D eigenvalue weighted by Gasteiger charge is 2.46. The molecule has 1 amide bonds. The molecule has 2 aromatic carbocycles. The molecule has 0 bridgehead atoms. The quantitative estimate of drug-likeness (QED) is 0.619. The van der Waals surface area contributed by atoms with Gasteiger partial charge in [0.2, 0.25) is 11.7 Å². The van der Waals surface area contributed by atoms with Gasteiger partial charge < -0.3 is 19.3 Å². The summed E-state index contributed by atoms with van der Waals surface area (Å²) < 4.78 is 11.2. The summed E-state index contributed by atoms with van der Waals surface area (Å²) in [6, 6.07) is 13.3. The molecule has 2 heterocycles. The Morgan fingerprint density at radius 2 is 2.12 bits per heavy atom. The van der Waals surface area contributed by atoms with Crippen LogP contribution in [0.3, 0.4) is 0 Å². The van der Waals surface area contributed by atoms with Crippen LogP contribution in [0.15, 0.2) is 40.9 Å². The molecule has 5 rings (SSSR count). The zero-order valence-electron chi connectivity index (χ0n) is 18.5. The Balaban J connectivity index is 1.49. The molecule has 3 aromatic rings. The first-order chi connectivity index (χ1) is 16.0. The average molecular weight is 444 g/mol. The molecular formula is C25H24N4O4. The SMILES string of the molecule is CC(C)Oc1ccc(-c2nc(-c3cccc4c3CC3CC(=O)N(CCO)C43)no2)c(C#N)c1. The van der Waals surface area contributed by atoms with Crippen molar-refractivity contribution in [2.24, 2.45) is 5.92 Å². The number of likely N-dealkylation sites (tertiary alicyclic amines) is 1. The molecule has 168 valence electrons. The van der Waals surface area contributed by atoms with Crippen molar-refractivity contribution in [1.29, 1.82) is 5.26 Å². The van der Waals surface area contributed by atoms with E-state index >= 15 is 0 Å². The van der Waals surface area contributed by atoms with E-state index in [4.69, 9.17) is 9.26 Å². The molecule has 0 radical (unpaired) electrons. The van der Waals surface area contributed by atoms with Crippen LogP contribution in [0.2, 0.25) is 0 Å². The van der Waals surface area contributed by atoms with E-state index in [9.17, 15) is 15.2 Å². The lowest BCUT2D eigenvalue weighted by molar-refractivity contribution is -0.129. The Hall–Kier alpha value is -3.70. The van der Waals surface area contributed by atoms with Gasteiger partial charge in [-0.1, -0.05) is 23.4 Å². The first-order valence-corrected chi connectivity index (χ1v) is 11.1. The standard InChI is InChI=1S/C25H24N4O4/c1-14(2)32-17-6-7-18(16(10-17)13-26)25-27-24(28-33-25)20-5-3-4-19-21(20)11-15-12-22(31)29(8-9-30)23(15)19/h3-7,10,14-15,23,30H,8-9,11-12H2,1-2H3. The number of nitrogens with zero attached hydrogens (tertiary/aromatic N) is 4. The third-order valence-electron chi connectivity index (χ3n) is 6.26. The van der Waals surface area contributed by atoms with Gasteiger partial charge in [0.1, 0.15) is 11.8 Å². The molecule has 1 saturated heterocycles. The third-order valence-corrected chi connectivity index (χ3v) is 6.26. The van der Waals surface area contributed by atoms with Gasteiger partial charge in [-0.15, -0.1) is 0 Å². The fraction of sp³-hybridized carbons (Fsp3) is 0.360. The lowest BCUT2D eigenvalue weighted by atomic mass is 10.0. The van der Waals surface area contributed by atoms with Crippen molar-refractivity contribution in [3.8, 4) is 34.7 Å². The molecule has 8 heteroatoms. The summed E-state index contributed by atoms with van der Waals surface area (Å²) in [7, 11) is 0. The first-order valence-electron chi connectivity index (χ1n) is 11.1. The van der Waals surface area contributed by atoms with Gasteiger partial charge in [-0.05, 0) is 55.5 Å². The van der Waals surface area contributed by atoms with E-state index in [2.05, 4.69) is 16.2 Å². The second-order valence-corrected chi connectivity index (χ2v) is 8.71. The molecule has 1 N–H and O–H groups in total. The number of aliphatic hydroxyl groups excluding tert-OH is 1. The number of ether oxygens (including phenoxy) is 1. The zero-order valence-corrected chi connectivity index (χ0v) is 18.5. The number of rotatable bonds is 6. The molecule has 2 atom stereocenters. The Morgan fingerprint density at radius 1 is 1.27 bits per heavy atom. The van der Waals surface area contributed by atoms with Crippen LogP contribution < -0.4 is 4.74 Å². The van der Waals surface area contributed by atoms with Crippen LogP contribution in [0.25, 0.3) is 22.8 Å². The summed E-state index contributed by atoms with van der Waals surface area (Å²) in [5.74, 6) is 1.61. The number of hydrogen-bond acceptors (Lipinski definition) is 7. The largest absolute Gasteiger partial charge is 0.491 e. The predicted molar refractivity (Wildman–Crippen MR) is 119 cm³/mol. The van der Waals surface area contributed by atoms with Crippen molar-refractivity contribution in [3.63, 3.8) is 0 Å². The second kappa shape index (κ2) is 8.34. The summed E-state index contributed by atoms with van der Waals surface area (Å²) >= 11 is 0. The summed E-state index contributed by atoms with van der Waals surface area (Å²) in [6.45, 7) is 4.13. The Kier molecular flexibility index (Phi) is 5.35. The van der Waals surface area contributed by atoms with E-state index in [-0.39, 0.29) is 36.5 Å². The molecule has 8 nitrogen and oxygen atoms in total. The van der Waals surface area contributed by atoms with Crippen LogP contribution in [0.5, 0.6) is 5.75 Å². The topological polar surface area (TPSA) is 112 Å². The number of hydrogen-bond donors (Lipinski definition) is 1. The van der Waals surface area contributed by atoms with Gasteiger partial charge in [0, 0.05) is 18.5 Å². The fourth-order valence-corrected chi connectivity index (χ4v) is 5.01. The van der Waals surface area contributed by atoms with Crippen molar-refractivity contribution in [2.75, 3.05) is 13.2 Å². The van der Waals surface area contributed by atoms with Crippen LogP contribution >= 0.6 is 0 Å². The predicted octanol–water partition coefficient (Wildman–Crippen LogP) is 3.50. The van der Waals surface area contributed by atoms with Crippen LogP contribution in [-0.4, -0.2) is 45.3 Å². The number of carbonyl (C=O) groups excluding carboxylic acids is 1. The van der Waals surface area contributed by atoms with Crippen molar-refractivity contribution in [2.45, 2.75) is 38.8 Å². The van der Waals surface area contributed by atoms with E-state index in [0.29, 0.717) is 35.7 Å². The molecule has 33 heavy (non-hydrogen) atoms. The summed E-state index contributed by atoms with van der Waals surface area (Å²) in [4.78, 5) is 18.8. The fourth-order valence-electron chi connectivity index (χ4n) is 5.01. The minimum absolute atomic E-state index is 0.000616. The van der Waals surface area contributed by atoms with Crippen molar-refractivity contribution in [3.05, 3.63) is 53.1 Å². The number of fused-ring (bicyclic) bond motifs is 3. The van der Waals surface area contributed by atoms with Crippen LogP contribution in [0, 0.1) is 17.2 Å². The van der Waals surface area contributed by atoms with Crippen LogP contribution in [-0.2, 0) is 11.2 Å². The Bertz CT molecular complexity index is 1260. The number of benzene rings is 2. The number of amides is 1. The molecule has 0 saturated carbocycles. The van der Waals surface area contributed by atoms with E-state index in [0.717, 1.165) is 23.1 Å². The van der Waals surface area contributed by atoms with Gasteiger partial charge in [0.05, 0.1) is 29.9 Å². The number of aromatic nitrogens is 2. The smallest absolute Gasteiger partial charge is 0.259 e. The molecule has 1 aromatic heterocycles. The highest BCUT2D eigenvalue weighted by atomic mass is 16.5. The average Bonchev–Trinajstić information content (AvgIpc) is 3.48. The van der Waals surface area contributed by atoms with Gasteiger partial charge in [0.15, 0.2) is 0 Å². The van der Waals surface area contributed by atoms with E-state index in [1.165, 1.54) is 0 Å². The number of carbonyl (C=O) groups is 1. The second-order valence-electron chi connectivity index (χ2n) is 8.71. The van der Waals surface area contributed by atoms with E-state index < -0.39 is 0 Å². The summed E-state index contributed by atoms with van der Waals surface area (Å²) in [5, 5.41) is 23.2. The lowest BCUT2D eigenvalue weighted by Crippen LogP contribution is -2.30. The van der Waals surface area contributed by atoms with Crippen LogP contribution in [0.4, 0.5) is 0 Å². The van der Waals surface area contributed by atoms with Crippen molar-refractivity contribution < 1.29 is 19.2 Å². The molecule has 0 spiro atoms. The van der Waals surface area contributed by atoms with Crippen molar-refractivity contribution >= 4 is 5.91 Å². The van der Waals surface area contributed by atoms with Gasteiger partial charge in [-0.25, -0.2) is 0 Å². The zero-order chi connectivity index (χ0) is 23.1. The van der Waals surface area contributed by atoms with Crippen molar-refractivity contribution in [1.82, 2.24) is 15.0 Å². The summed E-state index contributed by atoms with van der Waals surface area (Å²) in [6.07, 6.45) is 1.23. The molecule has 1 aliphatic carbocycles. The van der Waals surface area contributed by atoms with E-state index in [1.54, 1.807) is 23.1 Å². The minimum Gasteiger partial charge on any atom is -0.491 e.